The quantitative estimate of drug-likeness (QED) is 0.723. The van der Waals surface area contributed by atoms with Crippen LogP contribution in [0.4, 0.5) is 11.4 Å². The molecule has 2 aromatic carbocycles. The first kappa shape index (κ1) is 17.6. The molecule has 1 heterocycles. The molecule has 3 aromatic rings. The van der Waals surface area contributed by atoms with Crippen LogP contribution in [0.15, 0.2) is 78.0 Å². The molecule has 0 saturated heterocycles. The van der Waals surface area contributed by atoms with Gasteiger partial charge in [0.2, 0.25) is 0 Å². The normalized spacial score (nSPS) is 11.0. The number of hydrogen-bond donors (Lipinski definition) is 2. The van der Waals surface area contributed by atoms with Gasteiger partial charge in [-0.3, -0.25) is 14.5 Å². The summed E-state index contributed by atoms with van der Waals surface area (Å²) in [5, 5.41) is 2.70. The first-order valence-electron chi connectivity index (χ1n) is 7.85. The molecule has 0 unspecified atom stereocenters. The average Bonchev–Trinajstić information content (AvgIpc) is 2.64. The van der Waals surface area contributed by atoms with Gasteiger partial charge >= 0.3 is 0 Å². The van der Waals surface area contributed by atoms with Crippen molar-refractivity contribution in [2.45, 2.75) is 11.8 Å². The highest BCUT2D eigenvalue weighted by atomic mass is 32.2. The molecule has 2 N–H and O–H groups in total. The summed E-state index contributed by atoms with van der Waals surface area (Å²) < 4.78 is 27.6. The predicted octanol–water partition coefficient (Wildman–Crippen LogP) is 3.44. The van der Waals surface area contributed by atoms with E-state index >= 15 is 0 Å². The van der Waals surface area contributed by atoms with E-state index in [1.54, 1.807) is 42.7 Å². The zero-order chi connectivity index (χ0) is 18.6. The molecule has 1 aromatic heterocycles. The summed E-state index contributed by atoms with van der Waals surface area (Å²) in [5.41, 5.74) is 2.31. The van der Waals surface area contributed by atoms with Crippen LogP contribution in [0.1, 0.15) is 15.9 Å². The van der Waals surface area contributed by atoms with Gasteiger partial charge in [-0.05, 0) is 49.4 Å². The number of aromatic nitrogens is 1. The van der Waals surface area contributed by atoms with E-state index in [2.05, 4.69) is 15.0 Å². The highest BCUT2D eigenvalue weighted by Crippen LogP contribution is 2.18. The molecule has 0 aliphatic heterocycles. The van der Waals surface area contributed by atoms with Gasteiger partial charge in [-0.1, -0.05) is 23.8 Å². The number of anilines is 2. The Morgan fingerprint density at radius 1 is 0.923 bits per heavy atom. The molecule has 7 heteroatoms. The maximum Gasteiger partial charge on any atom is 0.261 e. The van der Waals surface area contributed by atoms with E-state index in [1.807, 2.05) is 19.1 Å². The number of carbonyl (C=O) groups excluding carboxylic acids is 1. The van der Waals surface area contributed by atoms with Crippen molar-refractivity contribution in [3.05, 3.63) is 84.2 Å². The monoisotopic (exact) mass is 367 g/mol. The second kappa shape index (κ2) is 7.37. The molecular formula is C19H17N3O3S. The number of rotatable bonds is 5. The minimum atomic E-state index is -3.80. The van der Waals surface area contributed by atoms with Crippen LogP contribution < -0.4 is 10.0 Å². The van der Waals surface area contributed by atoms with Crippen molar-refractivity contribution in [2.24, 2.45) is 0 Å². The largest absolute Gasteiger partial charge is 0.322 e. The lowest BCUT2D eigenvalue weighted by Crippen LogP contribution is -2.16. The molecule has 0 saturated carbocycles. The van der Waals surface area contributed by atoms with Crippen molar-refractivity contribution >= 4 is 27.3 Å². The SMILES string of the molecule is Cc1ccc(NS(=O)(=O)c2cccc(C(=O)Nc3ccncc3)c2)cc1. The van der Waals surface area contributed by atoms with Gasteiger partial charge in [0, 0.05) is 29.3 Å². The van der Waals surface area contributed by atoms with Crippen LogP contribution in [0.2, 0.25) is 0 Å². The maximum atomic E-state index is 12.6. The number of pyridine rings is 1. The van der Waals surface area contributed by atoms with Gasteiger partial charge in [0.1, 0.15) is 0 Å². The molecular weight excluding hydrogens is 350 g/mol. The number of hydrogen-bond acceptors (Lipinski definition) is 4. The number of nitrogens with one attached hydrogen (secondary N) is 2. The molecule has 26 heavy (non-hydrogen) atoms. The molecule has 0 radical (unpaired) electrons. The van der Waals surface area contributed by atoms with Gasteiger partial charge in [0.25, 0.3) is 15.9 Å². The van der Waals surface area contributed by atoms with E-state index in [4.69, 9.17) is 0 Å². The van der Waals surface area contributed by atoms with E-state index in [9.17, 15) is 13.2 Å². The van der Waals surface area contributed by atoms with Crippen molar-refractivity contribution in [1.82, 2.24) is 4.98 Å². The van der Waals surface area contributed by atoms with E-state index in [0.717, 1.165) is 5.56 Å². The summed E-state index contributed by atoms with van der Waals surface area (Å²) in [5.74, 6) is -0.399. The summed E-state index contributed by atoms with van der Waals surface area (Å²) in [6, 6.07) is 16.2. The number of sulfonamides is 1. The smallest absolute Gasteiger partial charge is 0.261 e. The maximum absolute atomic E-state index is 12.6. The second-order valence-electron chi connectivity index (χ2n) is 5.69. The Morgan fingerprint density at radius 2 is 1.62 bits per heavy atom. The van der Waals surface area contributed by atoms with Gasteiger partial charge in [-0.15, -0.1) is 0 Å². The topological polar surface area (TPSA) is 88.2 Å². The number of carbonyl (C=O) groups is 1. The summed E-state index contributed by atoms with van der Waals surface area (Å²) in [6.07, 6.45) is 3.12. The van der Waals surface area contributed by atoms with Crippen LogP contribution >= 0.6 is 0 Å². The summed E-state index contributed by atoms with van der Waals surface area (Å²) in [4.78, 5) is 16.2. The van der Waals surface area contributed by atoms with Crippen LogP contribution in [-0.2, 0) is 10.0 Å². The highest BCUT2D eigenvalue weighted by Gasteiger charge is 2.16. The number of benzene rings is 2. The molecule has 0 spiro atoms. The lowest BCUT2D eigenvalue weighted by Gasteiger charge is -2.10. The Balaban J connectivity index is 1.81. The molecule has 0 atom stereocenters. The number of nitrogens with zero attached hydrogens (tertiary/aromatic N) is 1. The molecule has 0 bridgehead atoms. The van der Waals surface area contributed by atoms with Crippen molar-refractivity contribution in [3.63, 3.8) is 0 Å². The molecule has 0 fully saturated rings. The Hall–Kier alpha value is -3.19. The van der Waals surface area contributed by atoms with Gasteiger partial charge in [0.15, 0.2) is 0 Å². The number of aryl methyl sites for hydroxylation is 1. The minimum absolute atomic E-state index is 0.0143. The Labute approximate surface area is 152 Å². The van der Waals surface area contributed by atoms with Gasteiger partial charge in [-0.25, -0.2) is 8.42 Å². The van der Waals surface area contributed by atoms with E-state index in [0.29, 0.717) is 11.4 Å². The van der Waals surface area contributed by atoms with Crippen LogP contribution in [-0.4, -0.2) is 19.3 Å². The Bertz CT molecular complexity index is 1020. The molecule has 132 valence electrons. The van der Waals surface area contributed by atoms with Crippen molar-refractivity contribution in [1.29, 1.82) is 0 Å². The van der Waals surface area contributed by atoms with Gasteiger partial charge in [0.05, 0.1) is 4.90 Å². The Kier molecular flexibility index (Phi) is 4.99. The minimum Gasteiger partial charge on any atom is -0.322 e. The third kappa shape index (κ3) is 4.25. The average molecular weight is 367 g/mol. The highest BCUT2D eigenvalue weighted by molar-refractivity contribution is 7.92. The second-order valence-corrected chi connectivity index (χ2v) is 7.37. The molecule has 6 nitrogen and oxygen atoms in total. The Morgan fingerprint density at radius 3 is 2.31 bits per heavy atom. The van der Waals surface area contributed by atoms with Crippen LogP contribution in [0.5, 0.6) is 0 Å². The fourth-order valence-corrected chi connectivity index (χ4v) is 3.38. The van der Waals surface area contributed by atoms with Gasteiger partial charge in [-0.2, -0.15) is 0 Å². The standard InChI is InChI=1S/C19H17N3O3S/c1-14-5-7-17(8-6-14)22-26(24,25)18-4-2-3-15(13-18)19(23)21-16-9-11-20-12-10-16/h2-13,22H,1H3,(H,20,21,23). The zero-order valence-electron chi connectivity index (χ0n) is 14.0. The van der Waals surface area contributed by atoms with Crippen molar-refractivity contribution in [3.8, 4) is 0 Å². The van der Waals surface area contributed by atoms with E-state index in [1.165, 1.54) is 18.2 Å². The van der Waals surface area contributed by atoms with Crippen molar-refractivity contribution < 1.29 is 13.2 Å². The summed E-state index contributed by atoms with van der Waals surface area (Å²) in [7, 11) is -3.80. The molecule has 0 aliphatic rings. The third-order valence-electron chi connectivity index (χ3n) is 3.65. The third-order valence-corrected chi connectivity index (χ3v) is 5.03. The molecule has 3 rings (SSSR count). The fraction of sp³-hybridized carbons (Fsp3) is 0.0526. The predicted molar refractivity (Wildman–Crippen MR) is 101 cm³/mol. The number of amides is 1. The summed E-state index contributed by atoms with van der Waals surface area (Å²) >= 11 is 0. The van der Waals surface area contributed by atoms with Crippen LogP contribution in [0.25, 0.3) is 0 Å². The lowest BCUT2D eigenvalue weighted by atomic mass is 10.2. The van der Waals surface area contributed by atoms with E-state index < -0.39 is 15.9 Å². The van der Waals surface area contributed by atoms with E-state index in [-0.39, 0.29) is 10.5 Å². The first-order valence-corrected chi connectivity index (χ1v) is 9.33. The molecule has 0 aliphatic carbocycles. The zero-order valence-corrected chi connectivity index (χ0v) is 14.8. The first-order chi connectivity index (χ1) is 12.4. The molecule has 1 amide bonds. The van der Waals surface area contributed by atoms with Crippen molar-refractivity contribution in [2.75, 3.05) is 10.0 Å². The van der Waals surface area contributed by atoms with Gasteiger partial charge < -0.3 is 5.32 Å². The van der Waals surface area contributed by atoms with Crippen LogP contribution in [0, 0.1) is 6.92 Å². The lowest BCUT2D eigenvalue weighted by molar-refractivity contribution is 0.102. The van der Waals surface area contributed by atoms with Crippen LogP contribution in [0.3, 0.4) is 0 Å². The summed E-state index contributed by atoms with van der Waals surface area (Å²) in [6.45, 7) is 1.92. The fourth-order valence-electron chi connectivity index (χ4n) is 2.28.